The molecule has 0 radical (unpaired) electrons. The number of nitrogen functional groups attached to an aromatic ring is 1. The minimum absolute atomic E-state index is 0.0335. The van der Waals surface area contributed by atoms with Crippen molar-refractivity contribution in [2.45, 2.75) is 39.2 Å². The molecule has 0 spiro atoms. The molecule has 1 aromatic carbocycles. The maximum absolute atomic E-state index is 15.0. The van der Waals surface area contributed by atoms with Gasteiger partial charge in [0.15, 0.2) is 5.76 Å². The molecule has 31 heavy (non-hydrogen) atoms. The van der Waals surface area contributed by atoms with Crippen LogP contribution in [-0.2, 0) is 19.4 Å². The van der Waals surface area contributed by atoms with E-state index in [1.165, 1.54) is 16.7 Å². The Morgan fingerprint density at radius 2 is 1.87 bits per heavy atom. The zero-order valence-corrected chi connectivity index (χ0v) is 16.9. The smallest absolute Gasteiger partial charge is 0.340 e. The molecular formula is C21H21F2N3O5. The van der Waals surface area contributed by atoms with Gasteiger partial charge in [0, 0.05) is 23.9 Å². The van der Waals surface area contributed by atoms with Crippen molar-refractivity contribution in [1.82, 2.24) is 9.72 Å². The molecule has 4 N–H and O–H groups in total. The number of halogens is 2. The molecule has 164 valence electrons. The van der Waals surface area contributed by atoms with Crippen LogP contribution in [0.3, 0.4) is 0 Å². The number of aromatic nitrogens is 2. The van der Waals surface area contributed by atoms with E-state index in [0.717, 1.165) is 6.20 Å². The van der Waals surface area contributed by atoms with Gasteiger partial charge in [-0.05, 0) is 37.6 Å². The number of carbonyl (C=O) groups is 2. The van der Waals surface area contributed by atoms with Crippen LogP contribution >= 0.6 is 0 Å². The zero-order valence-electron chi connectivity index (χ0n) is 16.9. The molecule has 0 bridgehead atoms. The summed E-state index contributed by atoms with van der Waals surface area (Å²) in [7, 11) is 0. The fourth-order valence-corrected chi connectivity index (χ4v) is 3.40. The predicted octanol–water partition coefficient (Wildman–Crippen LogP) is 3.77. The number of aryl methyl sites for hydroxylation is 1. The summed E-state index contributed by atoms with van der Waals surface area (Å²) >= 11 is 0. The van der Waals surface area contributed by atoms with Crippen LogP contribution in [0.4, 0.5) is 14.6 Å². The van der Waals surface area contributed by atoms with Crippen LogP contribution in [-0.4, -0.2) is 37.6 Å². The lowest BCUT2D eigenvalue weighted by atomic mass is 9.97. The molecule has 0 atom stereocenters. The Balaban J connectivity index is 1.97. The normalized spacial score (nSPS) is 11.6. The molecule has 0 amide bonds. The van der Waals surface area contributed by atoms with Crippen molar-refractivity contribution in [3.05, 3.63) is 52.8 Å². The summed E-state index contributed by atoms with van der Waals surface area (Å²) < 4.78 is 36.4. The highest BCUT2D eigenvalue weighted by Crippen LogP contribution is 2.34. The maximum Gasteiger partial charge on any atom is 0.340 e. The third kappa shape index (κ3) is 4.00. The fraction of sp³-hybridized carbons (Fsp3) is 0.286. The number of benzene rings is 1. The molecule has 2 heterocycles. The standard InChI is InChI=1S/C21H21F2N3O5/c1-3-13-15(25-31-17(13)11-5-7-12(27)8-6-11)9-21(22,23)18(28)14-10-26(4-2)19(24)16(14)20(29)30/h5-8,10,27H,3-4,9,24H2,1-2H3,(H,29,30). The van der Waals surface area contributed by atoms with Crippen LogP contribution in [0.2, 0.25) is 0 Å². The number of phenols is 1. The van der Waals surface area contributed by atoms with E-state index in [1.54, 1.807) is 26.0 Å². The summed E-state index contributed by atoms with van der Waals surface area (Å²) in [6, 6.07) is 5.95. The Bertz CT molecular complexity index is 1130. The molecule has 0 saturated carbocycles. The molecule has 0 fully saturated rings. The van der Waals surface area contributed by atoms with Gasteiger partial charge < -0.3 is 25.0 Å². The minimum Gasteiger partial charge on any atom is -0.508 e. The number of carbonyl (C=O) groups excluding carboxylic acids is 1. The maximum atomic E-state index is 15.0. The number of hydrogen-bond acceptors (Lipinski definition) is 6. The van der Waals surface area contributed by atoms with Crippen molar-refractivity contribution < 1.29 is 33.1 Å². The molecular weight excluding hydrogens is 412 g/mol. The minimum atomic E-state index is -3.94. The van der Waals surface area contributed by atoms with Gasteiger partial charge in [-0.15, -0.1) is 0 Å². The van der Waals surface area contributed by atoms with Crippen molar-refractivity contribution in [2.24, 2.45) is 0 Å². The second-order valence-electron chi connectivity index (χ2n) is 6.94. The number of ketones is 1. The lowest BCUT2D eigenvalue weighted by Crippen LogP contribution is -2.32. The van der Waals surface area contributed by atoms with Gasteiger partial charge in [0.1, 0.15) is 17.1 Å². The fourth-order valence-electron chi connectivity index (χ4n) is 3.40. The van der Waals surface area contributed by atoms with Gasteiger partial charge in [-0.25, -0.2) is 4.79 Å². The number of carboxylic acid groups (broad SMARTS) is 1. The van der Waals surface area contributed by atoms with E-state index in [9.17, 15) is 28.6 Å². The van der Waals surface area contributed by atoms with Crippen molar-refractivity contribution in [3.8, 4) is 17.1 Å². The number of anilines is 1. The Morgan fingerprint density at radius 1 is 1.23 bits per heavy atom. The second-order valence-corrected chi connectivity index (χ2v) is 6.94. The van der Waals surface area contributed by atoms with Gasteiger partial charge in [-0.3, -0.25) is 4.79 Å². The average molecular weight is 433 g/mol. The van der Waals surface area contributed by atoms with Crippen LogP contribution in [0.1, 0.15) is 45.8 Å². The first-order chi connectivity index (χ1) is 14.6. The largest absolute Gasteiger partial charge is 0.508 e. The molecule has 0 unspecified atom stereocenters. The quantitative estimate of drug-likeness (QED) is 0.461. The number of hydrogen-bond donors (Lipinski definition) is 3. The van der Waals surface area contributed by atoms with E-state index in [1.807, 2.05) is 0 Å². The molecule has 0 aliphatic rings. The topological polar surface area (TPSA) is 132 Å². The van der Waals surface area contributed by atoms with Gasteiger partial charge in [-0.2, -0.15) is 8.78 Å². The van der Waals surface area contributed by atoms with E-state index in [2.05, 4.69) is 5.16 Å². The van der Waals surface area contributed by atoms with Crippen LogP contribution in [0, 0.1) is 0 Å². The second kappa shape index (κ2) is 8.21. The lowest BCUT2D eigenvalue weighted by Gasteiger charge is -2.14. The van der Waals surface area contributed by atoms with E-state index in [0.29, 0.717) is 17.5 Å². The number of aromatic hydroxyl groups is 1. The van der Waals surface area contributed by atoms with Crippen molar-refractivity contribution in [2.75, 3.05) is 5.73 Å². The highest BCUT2D eigenvalue weighted by molar-refractivity contribution is 6.11. The number of alkyl halides is 2. The van der Waals surface area contributed by atoms with Crippen LogP contribution in [0.5, 0.6) is 5.75 Å². The monoisotopic (exact) mass is 433 g/mol. The first kappa shape index (κ1) is 22.0. The predicted molar refractivity (Wildman–Crippen MR) is 107 cm³/mol. The third-order valence-electron chi connectivity index (χ3n) is 4.99. The first-order valence-corrected chi connectivity index (χ1v) is 9.52. The van der Waals surface area contributed by atoms with Crippen LogP contribution in [0.25, 0.3) is 11.3 Å². The summed E-state index contributed by atoms with van der Waals surface area (Å²) in [5, 5.41) is 22.5. The highest BCUT2D eigenvalue weighted by Gasteiger charge is 2.44. The Hall–Kier alpha value is -3.69. The lowest BCUT2D eigenvalue weighted by molar-refractivity contribution is 0.00942. The van der Waals surface area contributed by atoms with Gasteiger partial charge >= 0.3 is 11.9 Å². The number of aromatic carboxylic acids is 1. The van der Waals surface area contributed by atoms with Gasteiger partial charge in [-0.1, -0.05) is 12.1 Å². The number of Topliss-reactive ketones (excluding diaryl/α,β-unsaturated/α-hetero) is 1. The summed E-state index contributed by atoms with van der Waals surface area (Å²) in [5.74, 6) is -7.13. The van der Waals surface area contributed by atoms with Crippen molar-refractivity contribution in [3.63, 3.8) is 0 Å². The molecule has 8 nitrogen and oxygen atoms in total. The first-order valence-electron chi connectivity index (χ1n) is 9.52. The number of nitrogens with two attached hydrogens (primary N) is 1. The highest BCUT2D eigenvalue weighted by atomic mass is 19.3. The van der Waals surface area contributed by atoms with E-state index >= 15 is 0 Å². The molecule has 0 aliphatic carbocycles. The molecule has 0 saturated heterocycles. The SMILES string of the molecule is CCc1c(CC(F)(F)C(=O)c2cn(CC)c(N)c2C(=O)O)noc1-c1ccc(O)cc1. The Kier molecular flexibility index (Phi) is 5.83. The summed E-state index contributed by atoms with van der Waals surface area (Å²) in [4.78, 5) is 24.1. The number of rotatable bonds is 8. The molecule has 3 aromatic rings. The van der Waals surface area contributed by atoms with Gasteiger partial charge in [0.25, 0.3) is 0 Å². The zero-order chi connectivity index (χ0) is 22.9. The number of nitrogens with zero attached hydrogens (tertiary/aromatic N) is 2. The number of carboxylic acids is 1. The molecule has 10 heteroatoms. The molecule has 0 aliphatic heterocycles. The summed E-state index contributed by atoms with van der Waals surface area (Å²) in [6.07, 6.45) is 0.270. The Labute approximate surface area is 175 Å². The van der Waals surface area contributed by atoms with Crippen molar-refractivity contribution in [1.29, 1.82) is 0 Å². The third-order valence-corrected chi connectivity index (χ3v) is 4.99. The van der Waals surface area contributed by atoms with E-state index in [4.69, 9.17) is 10.3 Å². The summed E-state index contributed by atoms with van der Waals surface area (Å²) in [5.41, 5.74) is 5.23. The van der Waals surface area contributed by atoms with Crippen LogP contribution in [0.15, 0.2) is 35.0 Å². The number of phenolic OH excluding ortho intramolecular Hbond substituents is 1. The van der Waals surface area contributed by atoms with Gasteiger partial charge in [0.05, 0.1) is 17.7 Å². The Morgan fingerprint density at radius 3 is 2.42 bits per heavy atom. The average Bonchev–Trinajstić information content (AvgIpc) is 3.27. The van der Waals surface area contributed by atoms with E-state index < -0.39 is 35.2 Å². The van der Waals surface area contributed by atoms with Crippen LogP contribution < -0.4 is 5.73 Å². The van der Waals surface area contributed by atoms with Gasteiger partial charge in [0.2, 0.25) is 5.78 Å². The van der Waals surface area contributed by atoms with Crippen molar-refractivity contribution >= 4 is 17.6 Å². The molecule has 2 aromatic heterocycles. The summed E-state index contributed by atoms with van der Waals surface area (Å²) in [6.45, 7) is 3.58. The van der Waals surface area contributed by atoms with E-state index in [-0.39, 0.29) is 29.6 Å². The molecule has 3 rings (SSSR count).